The number of ether oxygens (including phenoxy) is 4. The van der Waals surface area contributed by atoms with Gasteiger partial charge < -0.3 is 18.9 Å². The number of benzene rings is 1. The lowest BCUT2D eigenvalue weighted by atomic mass is 9.98. The zero-order valence-electron chi connectivity index (χ0n) is 17.3. The van der Waals surface area contributed by atoms with Gasteiger partial charge in [0.2, 0.25) is 0 Å². The number of carbonyl (C=O) groups excluding carboxylic acids is 3. The van der Waals surface area contributed by atoms with Crippen LogP contribution >= 0.6 is 0 Å². The van der Waals surface area contributed by atoms with Crippen LogP contribution in [0.25, 0.3) is 0 Å². The first-order chi connectivity index (χ1) is 14.5. The number of esters is 3. The van der Waals surface area contributed by atoms with Gasteiger partial charge in [-0.25, -0.2) is 9.59 Å². The number of methoxy groups -OCH3 is 1. The van der Waals surface area contributed by atoms with Crippen LogP contribution in [0.4, 0.5) is 0 Å². The maximum Gasteiger partial charge on any atom is 0.334 e. The van der Waals surface area contributed by atoms with Gasteiger partial charge in [0, 0.05) is 11.6 Å². The van der Waals surface area contributed by atoms with Crippen molar-refractivity contribution in [3.05, 3.63) is 54.1 Å². The maximum atomic E-state index is 11.9. The first-order valence-electron chi connectivity index (χ1n) is 9.98. The van der Waals surface area contributed by atoms with Crippen molar-refractivity contribution in [3.8, 4) is 5.75 Å². The standard InChI is InChI=1S/C23H28O7/c1-17(15-22(25)30-20-7-4-3-5-8-20)23(26)28-14-6-9-21(24)29-16-18-10-12-19(27-2)13-11-18/h6,9-13,20H,1,3-5,7-8,14-16H2,2H3/b9-6+. The quantitative estimate of drug-likeness (QED) is 0.327. The molecule has 1 aliphatic rings. The molecule has 2 rings (SSSR count). The first kappa shape index (κ1) is 23.2. The summed E-state index contributed by atoms with van der Waals surface area (Å²) >= 11 is 0. The predicted octanol–water partition coefficient (Wildman–Crippen LogP) is 3.66. The summed E-state index contributed by atoms with van der Waals surface area (Å²) in [6, 6.07) is 7.14. The van der Waals surface area contributed by atoms with E-state index >= 15 is 0 Å². The van der Waals surface area contributed by atoms with Gasteiger partial charge in [0.1, 0.15) is 25.1 Å². The van der Waals surface area contributed by atoms with Gasteiger partial charge in [-0.2, -0.15) is 0 Å². The monoisotopic (exact) mass is 416 g/mol. The highest BCUT2D eigenvalue weighted by atomic mass is 16.5. The lowest BCUT2D eigenvalue weighted by molar-refractivity contribution is -0.151. The second-order valence-corrected chi connectivity index (χ2v) is 6.99. The van der Waals surface area contributed by atoms with Crippen LogP contribution in [0.3, 0.4) is 0 Å². The summed E-state index contributed by atoms with van der Waals surface area (Å²) in [5, 5.41) is 0. The number of hydrogen-bond acceptors (Lipinski definition) is 7. The molecule has 0 N–H and O–H groups in total. The summed E-state index contributed by atoms with van der Waals surface area (Å²) < 4.78 is 20.5. The van der Waals surface area contributed by atoms with Crippen LogP contribution in [0.5, 0.6) is 5.75 Å². The smallest absolute Gasteiger partial charge is 0.334 e. The highest BCUT2D eigenvalue weighted by Gasteiger charge is 2.20. The molecule has 1 aromatic rings. The van der Waals surface area contributed by atoms with Gasteiger partial charge in [0.15, 0.2) is 0 Å². The SMILES string of the molecule is C=C(CC(=O)OC1CCCCC1)C(=O)OC/C=C/C(=O)OCc1ccc(OC)cc1. The normalized spacial score (nSPS) is 14.2. The van der Waals surface area contributed by atoms with E-state index in [0.29, 0.717) is 0 Å². The maximum absolute atomic E-state index is 11.9. The van der Waals surface area contributed by atoms with Gasteiger partial charge in [-0.1, -0.05) is 25.1 Å². The minimum absolute atomic E-state index is 0.0197. The molecule has 162 valence electrons. The van der Waals surface area contributed by atoms with Crippen molar-refractivity contribution < 1.29 is 33.3 Å². The van der Waals surface area contributed by atoms with Crippen molar-refractivity contribution >= 4 is 17.9 Å². The summed E-state index contributed by atoms with van der Waals surface area (Å²) in [4.78, 5) is 35.5. The predicted molar refractivity (Wildman–Crippen MR) is 110 cm³/mol. The van der Waals surface area contributed by atoms with Crippen LogP contribution in [-0.2, 0) is 35.2 Å². The fraction of sp³-hybridized carbons (Fsp3) is 0.435. The van der Waals surface area contributed by atoms with Crippen LogP contribution < -0.4 is 4.74 Å². The largest absolute Gasteiger partial charge is 0.497 e. The molecule has 1 saturated carbocycles. The van der Waals surface area contributed by atoms with Gasteiger partial charge in [-0.3, -0.25) is 4.79 Å². The van der Waals surface area contributed by atoms with Crippen molar-refractivity contribution in [1.82, 2.24) is 0 Å². The molecule has 1 fully saturated rings. The summed E-state index contributed by atoms with van der Waals surface area (Å²) in [5.74, 6) is -1.01. The minimum Gasteiger partial charge on any atom is -0.497 e. The van der Waals surface area contributed by atoms with Crippen molar-refractivity contribution in [2.24, 2.45) is 0 Å². The van der Waals surface area contributed by atoms with E-state index in [1.807, 2.05) is 0 Å². The molecule has 7 nitrogen and oxygen atoms in total. The van der Waals surface area contributed by atoms with Gasteiger partial charge in [0.05, 0.1) is 13.5 Å². The highest BCUT2D eigenvalue weighted by Crippen LogP contribution is 2.21. The Bertz CT molecular complexity index is 758. The van der Waals surface area contributed by atoms with E-state index in [9.17, 15) is 14.4 Å². The van der Waals surface area contributed by atoms with Gasteiger partial charge >= 0.3 is 17.9 Å². The Morgan fingerprint density at radius 2 is 1.77 bits per heavy atom. The van der Waals surface area contributed by atoms with E-state index in [0.717, 1.165) is 43.4 Å². The van der Waals surface area contributed by atoms with Crippen molar-refractivity contribution in [1.29, 1.82) is 0 Å². The van der Waals surface area contributed by atoms with E-state index in [2.05, 4.69) is 6.58 Å². The molecule has 0 radical (unpaired) electrons. The second-order valence-electron chi connectivity index (χ2n) is 6.99. The lowest BCUT2D eigenvalue weighted by Crippen LogP contribution is -2.22. The van der Waals surface area contributed by atoms with E-state index in [1.165, 1.54) is 12.2 Å². The second kappa shape index (κ2) is 12.5. The average Bonchev–Trinajstić information content (AvgIpc) is 2.76. The van der Waals surface area contributed by atoms with Crippen molar-refractivity contribution in [2.75, 3.05) is 13.7 Å². The zero-order valence-corrected chi connectivity index (χ0v) is 17.3. The Morgan fingerprint density at radius 3 is 2.43 bits per heavy atom. The van der Waals surface area contributed by atoms with E-state index in [-0.39, 0.29) is 31.3 Å². The van der Waals surface area contributed by atoms with E-state index in [1.54, 1.807) is 31.4 Å². The fourth-order valence-corrected chi connectivity index (χ4v) is 2.95. The summed E-state index contributed by atoms with van der Waals surface area (Å²) in [6.07, 6.45) is 7.26. The Hall–Kier alpha value is -3.09. The van der Waals surface area contributed by atoms with Crippen molar-refractivity contribution in [3.63, 3.8) is 0 Å². The number of rotatable bonds is 10. The molecule has 0 heterocycles. The molecule has 0 bridgehead atoms. The van der Waals surface area contributed by atoms with Crippen LogP contribution in [0.2, 0.25) is 0 Å². The summed E-state index contributed by atoms with van der Waals surface area (Å²) in [6.45, 7) is 3.56. The molecule has 1 aromatic carbocycles. The highest BCUT2D eigenvalue weighted by molar-refractivity contribution is 5.93. The minimum atomic E-state index is -0.702. The molecule has 7 heteroatoms. The third kappa shape index (κ3) is 8.51. The third-order valence-corrected chi connectivity index (χ3v) is 4.60. The first-order valence-corrected chi connectivity index (χ1v) is 9.98. The Labute approximate surface area is 176 Å². The topological polar surface area (TPSA) is 88.1 Å². The van der Waals surface area contributed by atoms with Crippen LogP contribution in [-0.4, -0.2) is 37.7 Å². The molecule has 0 amide bonds. The Balaban J connectivity index is 1.62. The molecule has 0 atom stereocenters. The van der Waals surface area contributed by atoms with E-state index < -0.39 is 17.9 Å². The van der Waals surface area contributed by atoms with Crippen LogP contribution in [0.15, 0.2) is 48.6 Å². The summed E-state index contributed by atoms with van der Waals surface area (Å²) in [5.41, 5.74) is 0.840. The third-order valence-electron chi connectivity index (χ3n) is 4.60. The average molecular weight is 416 g/mol. The van der Waals surface area contributed by atoms with Crippen LogP contribution in [0.1, 0.15) is 44.1 Å². The Kier molecular flexibility index (Phi) is 9.64. The zero-order chi connectivity index (χ0) is 21.8. The molecule has 0 aromatic heterocycles. The molecule has 0 spiro atoms. The number of carbonyl (C=O) groups is 3. The van der Waals surface area contributed by atoms with Gasteiger partial charge in [-0.05, 0) is 49.5 Å². The van der Waals surface area contributed by atoms with Crippen molar-refractivity contribution in [2.45, 2.75) is 51.2 Å². The number of hydrogen-bond donors (Lipinski definition) is 0. The fourth-order valence-electron chi connectivity index (χ4n) is 2.95. The molecule has 1 aliphatic carbocycles. The molecular weight excluding hydrogens is 388 g/mol. The molecule has 30 heavy (non-hydrogen) atoms. The van der Waals surface area contributed by atoms with Gasteiger partial charge in [0.25, 0.3) is 0 Å². The van der Waals surface area contributed by atoms with Gasteiger partial charge in [-0.15, -0.1) is 0 Å². The molecule has 0 saturated heterocycles. The lowest BCUT2D eigenvalue weighted by Gasteiger charge is -2.21. The Morgan fingerprint density at radius 1 is 1.07 bits per heavy atom. The molecule has 0 aliphatic heterocycles. The molecule has 0 unspecified atom stereocenters. The van der Waals surface area contributed by atoms with Crippen LogP contribution in [0, 0.1) is 0 Å². The molecular formula is C23H28O7. The summed E-state index contributed by atoms with van der Waals surface area (Å²) in [7, 11) is 1.57. The van der Waals surface area contributed by atoms with E-state index in [4.69, 9.17) is 18.9 Å².